The second-order valence-corrected chi connectivity index (χ2v) is 8.22. The zero-order valence-corrected chi connectivity index (χ0v) is 18.1. The molecule has 0 spiro atoms. The van der Waals surface area contributed by atoms with Crippen LogP contribution in [0.3, 0.4) is 0 Å². The molecule has 26 heavy (non-hydrogen) atoms. The van der Waals surface area contributed by atoms with E-state index in [4.69, 9.17) is 11.6 Å². The lowest BCUT2D eigenvalue weighted by molar-refractivity contribution is -0.119. The molecule has 0 amide bonds. The smallest absolute Gasteiger partial charge is 0.221 e. The third-order valence-electron chi connectivity index (χ3n) is 5.14. The molecule has 0 atom stereocenters. The van der Waals surface area contributed by atoms with Gasteiger partial charge in [0.15, 0.2) is 0 Å². The van der Waals surface area contributed by atoms with Crippen LogP contribution in [0.25, 0.3) is 0 Å². The number of Topliss-reactive ketones (excluding diaryl/α,β-unsaturated/α-hetero) is 1. The van der Waals surface area contributed by atoms with Crippen molar-refractivity contribution in [2.24, 2.45) is 0 Å². The molecule has 0 saturated heterocycles. The minimum Gasteiger partial charge on any atom is -0.300 e. The van der Waals surface area contributed by atoms with E-state index in [1.54, 1.807) is 0 Å². The summed E-state index contributed by atoms with van der Waals surface area (Å²) in [4.78, 5) is 22.5. The number of carbonyl (C=O) groups excluding carboxylic acids is 2. The average Bonchev–Trinajstić information content (AvgIpc) is 2.61. The zero-order valence-electron chi connectivity index (χ0n) is 17.3. The molecule has 0 aliphatic rings. The number of unbranched alkanes of at least 4 members (excludes halogenated alkanes) is 15. The fourth-order valence-corrected chi connectivity index (χ4v) is 3.54. The number of hydrogen-bond donors (Lipinski definition) is 0. The highest BCUT2D eigenvalue weighted by molar-refractivity contribution is 6.63. The molecule has 0 aromatic heterocycles. The van der Waals surface area contributed by atoms with Crippen molar-refractivity contribution in [3.63, 3.8) is 0 Å². The first-order chi connectivity index (χ1) is 12.7. The largest absolute Gasteiger partial charge is 0.300 e. The number of carbonyl (C=O) groups is 2. The molecule has 0 saturated carbocycles. The molecule has 0 unspecified atom stereocenters. The topological polar surface area (TPSA) is 34.1 Å². The van der Waals surface area contributed by atoms with Crippen molar-refractivity contribution in [2.75, 3.05) is 0 Å². The highest BCUT2D eigenvalue weighted by Gasteiger charge is 2.02. The van der Waals surface area contributed by atoms with Gasteiger partial charge in [0.25, 0.3) is 0 Å². The second kappa shape index (κ2) is 20.9. The van der Waals surface area contributed by atoms with Crippen LogP contribution >= 0.6 is 11.6 Å². The highest BCUT2D eigenvalue weighted by atomic mass is 35.5. The first-order valence-corrected chi connectivity index (χ1v) is 11.7. The van der Waals surface area contributed by atoms with Gasteiger partial charge in [0.05, 0.1) is 0 Å². The lowest BCUT2D eigenvalue weighted by atomic mass is 10.0. The predicted molar refractivity (Wildman–Crippen MR) is 114 cm³/mol. The summed E-state index contributed by atoms with van der Waals surface area (Å²) in [5.74, 6) is 0.471. The Morgan fingerprint density at radius 1 is 0.500 bits per heavy atom. The fraction of sp³-hybridized carbons (Fsp3) is 0.913. The molecule has 0 N–H and O–H groups in total. The Bertz CT molecular complexity index is 328. The molecule has 0 bridgehead atoms. The third-order valence-corrected chi connectivity index (χ3v) is 5.33. The Hall–Kier alpha value is -0.370. The predicted octanol–water partition coefficient (Wildman–Crippen LogP) is 8.14. The van der Waals surface area contributed by atoms with Crippen LogP contribution in [0.15, 0.2) is 0 Å². The summed E-state index contributed by atoms with van der Waals surface area (Å²) in [7, 11) is 0. The average molecular weight is 387 g/mol. The van der Waals surface area contributed by atoms with Crippen LogP contribution in [0.4, 0.5) is 0 Å². The Kier molecular flexibility index (Phi) is 20.6. The van der Waals surface area contributed by atoms with Crippen LogP contribution in [0, 0.1) is 0 Å². The van der Waals surface area contributed by atoms with Gasteiger partial charge >= 0.3 is 0 Å². The molecule has 154 valence electrons. The molecule has 0 rings (SSSR count). The summed E-state index contributed by atoms with van der Waals surface area (Å²) in [5, 5.41) is -0.211. The van der Waals surface area contributed by atoms with Gasteiger partial charge in [-0.3, -0.25) is 9.59 Å². The van der Waals surface area contributed by atoms with Gasteiger partial charge in [0.2, 0.25) is 5.24 Å². The Balaban J connectivity index is 3.16. The number of ketones is 1. The van der Waals surface area contributed by atoms with Crippen LogP contribution in [0.5, 0.6) is 0 Å². The maximum absolute atomic E-state index is 11.9. The maximum Gasteiger partial charge on any atom is 0.221 e. The monoisotopic (exact) mass is 386 g/mol. The quantitative estimate of drug-likeness (QED) is 0.147. The van der Waals surface area contributed by atoms with E-state index in [0.29, 0.717) is 12.2 Å². The van der Waals surface area contributed by atoms with Crippen molar-refractivity contribution in [3.05, 3.63) is 0 Å². The molecular formula is C23H43ClO2. The Morgan fingerprint density at radius 2 is 0.808 bits per heavy atom. The maximum atomic E-state index is 11.9. The summed E-state index contributed by atoms with van der Waals surface area (Å²) >= 11 is 5.31. The van der Waals surface area contributed by atoms with E-state index in [9.17, 15) is 9.59 Å². The molecule has 0 aromatic carbocycles. The molecule has 0 heterocycles. The first kappa shape index (κ1) is 25.6. The Labute approximate surface area is 167 Å². The van der Waals surface area contributed by atoms with Crippen LogP contribution in [-0.4, -0.2) is 11.0 Å². The minimum atomic E-state index is -0.211. The van der Waals surface area contributed by atoms with Gasteiger partial charge in [0.1, 0.15) is 5.78 Å². The molecule has 2 nitrogen and oxygen atoms in total. The third kappa shape index (κ3) is 21.7. The molecule has 0 fully saturated rings. The van der Waals surface area contributed by atoms with E-state index in [-0.39, 0.29) is 5.24 Å². The van der Waals surface area contributed by atoms with Crippen molar-refractivity contribution in [2.45, 2.75) is 135 Å². The van der Waals surface area contributed by atoms with Crippen molar-refractivity contribution in [1.82, 2.24) is 0 Å². The van der Waals surface area contributed by atoms with E-state index in [1.165, 1.54) is 83.5 Å². The SMILES string of the molecule is CCCCCCCCCCCC(=O)CCCCCCCCCCC(=O)Cl. The first-order valence-electron chi connectivity index (χ1n) is 11.4. The minimum absolute atomic E-state index is 0.211. The lowest BCUT2D eigenvalue weighted by Crippen LogP contribution is -1.97. The normalized spacial score (nSPS) is 11.0. The van der Waals surface area contributed by atoms with Crippen LogP contribution in [0.2, 0.25) is 0 Å². The Morgan fingerprint density at radius 3 is 1.15 bits per heavy atom. The van der Waals surface area contributed by atoms with Crippen LogP contribution in [-0.2, 0) is 9.59 Å². The molecule has 0 aliphatic heterocycles. The van der Waals surface area contributed by atoms with Gasteiger partial charge < -0.3 is 0 Å². The lowest BCUT2D eigenvalue weighted by Gasteiger charge is -2.03. The zero-order chi connectivity index (χ0) is 19.3. The van der Waals surface area contributed by atoms with Crippen LogP contribution < -0.4 is 0 Å². The second-order valence-electron chi connectivity index (χ2n) is 7.80. The van der Waals surface area contributed by atoms with Gasteiger partial charge in [-0.25, -0.2) is 0 Å². The molecule has 0 aromatic rings. The standard InChI is InChI=1S/C23H43ClO2/c1-2-3-4-5-6-7-10-13-16-19-22(25)20-17-14-11-8-9-12-15-18-21-23(24)26/h2-21H2,1H3. The van der Waals surface area contributed by atoms with Gasteiger partial charge in [-0.2, -0.15) is 0 Å². The van der Waals surface area contributed by atoms with E-state index >= 15 is 0 Å². The molecule has 3 heteroatoms. The van der Waals surface area contributed by atoms with E-state index in [0.717, 1.165) is 38.5 Å². The summed E-state index contributed by atoms with van der Waals surface area (Å²) in [5.41, 5.74) is 0. The summed E-state index contributed by atoms with van der Waals surface area (Å²) in [6, 6.07) is 0. The number of hydrogen-bond acceptors (Lipinski definition) is 2. The molecule has 0 radical (unpaired) electrons. The van der Waals surface area contributed by atoms with Gasteiger partial charge in [-0.1, -0.05) is 96.8 Å². The van der Waals surface area contributed by atoms with Crippen molar-refractivity contribution >= 4 is 22.6 Å². The number of rotatable bonds is 21. The summed E-state index contributed by atoms with van der Waals surface area (Å²) in [6.45, 7) is 2.26. The van der Waals surface area contributed by atoms with Gasteiger partial charge in [-0.15, -0.1) is 0 Å². The molecular weight excluding hydrogens is 344 g/mol. The summed E-state index contributed by atoms with van der Waals surface area (Å²) < 4.78 is 0. The van der Waals surface area contributed by atoms with E-state index < -0.39 is 0 Å². The van der Waals surface area contributed by atoms with Crippen molar-refractivity contribution in [1.29, 1.82) is 0 Å². The van der Waals surface area contributed by atoms with Gasteiger partial charge in [0, 0.05) is 19.3 Å². The number of halogens is 1. The van der Waals surface area contributed by atoms with Crippen LogP contribution in [0.1, 0.15) is 135 Å². The highest BCUT2D eigenvalue weighted by Crippen LogP contribution is 2.13. The molecule has 0 aliphatic carbocycles. The summed E-state index contributed by atoms with van der Waals surface area (Å²) in [6.07, 6.45) is 23.1. The van der Waals surface area contributed by atoms with Crippen molar-refractivity contribution < 1.29 is 9.59 Å². The van der Waals surface area contributed by atoms with Gasteiger partial charge in [-0.05, 0) is 30.9 Å². The van der Waals surface area contributed by atoms with E-state index in [1.807, 2.05) is 0 Å². The van der Waals surface area contributed by atoms with Crippen molar-refractivity contribution in [3.8, 4) is 0 Å². The van der Waals surface area contributed by atoms with E-state index in [2.05, 4.69) is 6.92 Å². The fourth-order valence-electron chi connectivity index (χ4n) is 3.40.